The van der Waals surface area contributed by atoms with Crippen molar-refractivity contribution in [2.45, 2.75) is 0 Å². The number of hydrogen-bond donors (Lipinski definition) is 0. The predicted molar refractivity (Wildman–Crippen MR) is 140 cm³/mol. The van der Waals surface area contributed by atoms with Crippen molar-refractivity contribution >= 4 is 44.0 Å². The van der Waals surface area contributed by atoms with Crippen molar-refractivity contribution in [3.05, 3.63) is 114 Å². The molecule has 0 amide bonds. The molecule has 0 spiro atoms. The number of hydrogen-bond acceptors (Lipinski definition) is 4. The van der Waals surface area contributed by atoms with Crippen LogP contribution in [0.2, 0.25) is 0 Å². The van der Waals surface area contributed by atoms with Gasteiger partial charge in [-0.25, -0.2) is 9.67 Å². The topological polar surface area (TPSA) is 54.5 Å². The zero-order valence-electron chi connectivity index (χ0n) is 18.1. The highest BCUT2D eigenvalue weighted by Gasteiger charge is 2.16. The molecule has 0 aliphatic heterocycles. The van der Waals surface area contributed by atoms with Crippen LogP contribution in [0.3, 0.4) is 0 Å². The molecule has 0 radical (unpaired) electrons. The van der Waals surface area contributed by atoms with E-state index in [-0.39, 0.29) is 0 Å². The first-order chi connectivity index (χ1) is 16.8. The van der Waals surface area contributed by atoms with E-state index in [9.17, 15) is 5.26 Å². The summed E-state index contributed by atoms with van der Waals surface area (Å²) < 4.78 is 2.93. The SMILES string of the molecule is N#CC(=Cc1cn(-c2ccccc2)nc1-c1cccc2ccccc12)c1nc2ccccc2s1. The minimum Gasteiger partial charge on any atom is -0.240 e. The summed E-state index contributed by atoms with van der Waals surface area (Å²) in [7, 11) is 0. The maximum absolute atomic E-state index is 10.0. The molecule has 0 unspecified atom stereocenters. The van der Waals surface area contributed by atoms with Crippen molar-refractivity contribution in [3.8, 4) is 23.0 Å². The van der Waals surface area contributed by atoms with Gasteiger partial charge in [-0.2, -0.15) is 10.4 Å². The van der Waals surface area contributed by atoms with Gasteiger partial charge in [-0.3, -0.25) is 0 Å². The van der Waals surface area contributed by atoms with Gasteiger partial charge < -0.3 is 0 Å². The molecule has 0 saturated heterocycles. The van der Waals surface area contributed by atoms with E-state index in [0.29, 0.717) is 10.6 Å². The minimum absolute atomic E-state index is 0.523. The second-order valence-electron chi connectivity index (χ2n) is 7.90. The highest BCUT2D eigenvalue weighted by molar-refractivity contribution is 7.19. The first-order valence-electron chi connectivity index (χ1n) is 10.9. The highest BCUT2D eigenvalue weighted by Crippen LogP contribution is 2.34. The fourth-order valence-corrected chi connectivity index (χ4v) is 5.06. The zero-order chi connectivity index (χ0) is 22.9. The second-order valence-corrected chi connectivity index (χ2v) is 8.93. The van der Waals surface area contributed by atoms with Crippen LogP contribution in [0.5, 0.6) is 0 Å². The van der Waals surface area contributed by atoms with E-state index < -0.39 is 0 Å². The molecule has 160 valence electrons. The van der Waals surface area contributed by atoms with Crippen molar-refractivity contribution in [1.29, 1.82) is 5.26 Å². The third kappa shape index (κ3) is 3.57. The van der Waals surface area contributed by atoms with E-state index in [0.717, 1.165) is 43.5 Å². The normalized spacial score (nSPS) is 11.7. The van der Waals surface area contributed by atoms with Crippen molar-refractivity contribution in [2.24, 2.45) is 0 Å². The van der Waals surface area contributed by atoms with Crippen LogP contribution in [0.1, 0.15) is 10.6 Å². The molecule has 0 saturated carbocycles. The summed E-state index contributed by atoms with van der Waals surface area (Å²) in [5.74, 6) is 0. The molecule has 2 heterocycles. The average Bonchev–Trinajstić information content (AvgIpc) is 3.52. The minimum atomic E-state index is 0.523. The van der Waals surface area contributed by atoms with E-state index in [2.05, 4.69) is 30.3 Å². The summed E-state index contributed by atoms with van der Waals surface area (Å²) >= 11 is 1.53. The van der Waals surface area contributed by atoms with E-state index >= 15 is 0 Å². The van der Waals surface area contributed by atoms with Gasteiger partial charge in [-0.1, -0.05) is 72.8 Å². The summed E-state index contributed by atoms with van der Waals surface area (Å²) in [4.78, 5) is 4.70. The standard InChI is InChI=1S/C29H18N4S/c30-18-21(29-31-26-15-6-7-16-27(26)34-29)17-22-19-33(23-11-2-1-3-12-23)32-28(22)25-14-8-10-20-9-4-5-13-24(20)25/h1-17,19H. The lowest BCUT2D eigenvalue weighted by Gasteiger charge is -2.05. The van der Waals surface area contributed by atoms with Crippen LogP contribution >= 0.6 is 11.3 Å². The molecule has 4 nitrogen and oxygen atoms in total. The molecule has 0 N–H and O–H groups in total. The van der Waals surface area contributed by atoms with E-state index in [1.54, 1.807) is 0 Å². The highest BCUT2D eigenvalue weighted by atomic mass is 32.1. The van der Waals surface area contributed by atoms with Gasteiger partial charge in [0, 0.05) is 17.3 Å². The molecule has 4 aromatic carbocycles. The monoisotopic (exact) mass is 454 g/mol. The Morgan fingerprint density at radius 1 is 0.853 bits per heavy atom. The Balaban J connectivity index is 1.57. The molecule has 0 bridgehead atoms. The van der Waals surface area contributed by atoms with Crippen LogP contribution in [0.15, 0.2) is 103 Å². The molecule has 6 rings (SSSR count). The number of nitrogens with zero attached hydrogens (tertiary/aromatic N) is 4. The van der Waals surface area contributed by atoms with Crippen LogP contribution in [0.25, 0.3) is 49.6 Å². The number of para-hydroxylation sites is 2. The van der Waals surface area contributed by atoms with Crippen molar-refractivity contribution < 1.29 is 0 Å². The number of aromatic nitrogens is 3. The van der Waals surface area contributed by atoms with Gasteiger partial charge in [0.15, 0.2) is 0 Å². The summed E-state index contributed by atoms with van der Waals surface area (Å²) in [6, 6.07) is 34.8. The van der Waals surface area contributed by atoms with Crippen LogP contribution in [-0.2, 0) is 0 Å². The first kappa shape index (κ1) is 20.1. The van der Waals surface area contributed by atoms with Crippen LogP contribution in [0, 0.1) is 11.3 Å². The molecule has 2 aromatic heterocycles. The number of rotatable bonds is 4. The fraction of sp³-hybridized carbons (Fsp3) is 0. The third-order valence-electron chi connectivity index (χ3n) is 5.75. The van der Waals surface area contributed by atoms with Gasteiger partial charge in [-0.15, -0.1) is 11.3 Å². The molecule has 0 atom stereocenters. The maximum atomic E-state index is 10.0. The summed E-state index contributed by atoms with van der Waals surface area (Å²) in [5, 5.41) is 18.0. The molecule has 0 fully saturated rings. The van der Waals surface area contributed by atoms with Gasteiger partial charge in [0.05, 0.1) is 21.5 Å². The molecule has 6 aromatic rings. The quantitative estimate of drug-likeness (QED) is 0.261. The number of nitriles is 1. The molecular formula is C29H18N4S. The van der Waals surface area contributed by atoms with E-state index in [4.69, 9.17) is 10.1 Å². The average molecular weight is 455 g/mol. The smallest absolute Gasteiger partial charge is 0.135 e. The van der Waals surface area contributed by atoms with Gasteiger partial charge >= 0.3 is 0 Å². The van der Waals surface area contributed by atoms with Gasteiger partial charge in [-0.05, 0) is 41.1 Å². The predicted octanol–water partition coefficient (Wildman–Crippen LogP) is 7.37. The molecule has 34 heavy (non-hydrogen) atoms. The Labute approximate surface area is 200 Å². The number of benzene rings is 4. The van der Waals surface area contributed by atoms with E-state index in [1.807, 2.05) is 89.8 Å². The molecule has 0 aliphatic carbocycles. The number of thiazole rings is 1. The third-order valence-corrected chi connectivity index (χ3v) is 6.82. The molecule has 5 heteroatoms. The lowest BCUT2D eigenvalue weighted by atomic mass is 9.99. The lowest BCUT2D eigenvalue weighted by molar-refractivity contribution is 0.884. The summed E-state index contributed by atoms with van der Waals surface area (Å²) in [5.41, 5.74) is 5.11. The van der Waals surface area contributed by atoms with E-state index in [1.165, 1.54) is 11.3 Å². The van der Waals surface area contributed by atoms with Gasteiger partial charge in [0.25, 0.3) is 0 Å². The second kappa shape index (κ2) is 8.43. The first-order valence-corrected chi connectivity index (χ1v) is 11.7. The number of fused-ring (bicyclic) bond motifs is 2. The number of allylic oxidation sites excluding steroid dienone is 1. The van der Waals surface area contributed by atoms with Crippen LogP contribution < -0.4 is 0 Å². The van der Waals surface area contributed by atoms with Crippen molar-refractivity contribution in [2.75, 3.05) is 0 Å². The molecule has 0 aliphatic rings. The Kier molecular flexibility index (Phi) is 4.99. The Morgan fingerprint density at radius 2 is 1.62 bits per heavy atom. The summed E-state index contributed by atoms with van der Waals surface area (Å²) in [6.07, 6.45) is 3.89. The Hall–Kier alpha value is -4.53. The van der Waals surface area contributed by atoms with Crippen molar-refractivity contribution in [3.63, 3.8) is 0 Å². The Bertz CT molecular complexity index is 1680. The van der Waals surface area contributed by atoms with Crippen LogP contribution in [-0.4, -0.2) is 14.8 Å². The van der Waals surface area contributed by atoms with Gasteiger partial charge in [0.1, 0.15) is 16.8 Å². The largest absolute Gasteiger partial charge is 0.240 e. The zero-order valence-corrected chi connectivity index (χ0v) is 18.9. The van der Waals surface area contributed by atoms with Crippen molar-refractivity contribution in [1.82, 2.24) is 14.8 Å². The molecular weight excluding hydrogens is 436 g/mol. The Morgan fingerprint density at radius 3 is 2.47 bits per heavy atom. The summed E-state index contributed by atoms with van der Waals surface area (Å²) in [6.45, 7) is 0. The van der Waals surface area contributed by atoms with Gasteiger partial charge in [0.2, 0.25) is 0 Å². The van der Waals surface area contributed by atoms with Crippen LogP contribution in [0.4, 0.5) is 0 Å². The maximum Gasteiger partial charge on any atom is 0.135 e. The lowest BCUT2D eigenvalue weighted by Crippen LogP contribution is -1.94. The fourth-order valence-electron chi connectivity index (χ4n) is 4.13.